The van der Waals surface area contributed by atoms with Crippen LogP contribution >= 0.6 is 34.7 Å². The van der Waals surface area contributed by atoms with Crippen molar-refractivity contribution < 1.29 is 14.3 Å². The second-order valence-electron chi connectivity index (χ2n) is 5.55. The van der Waals surface area contributed by atoms with Crippen LogP contribution in [0, 0.1) is 0 Å². The Hall–Kier alpha value is -2.23. The van der Waals surface area contributed by atoms with Crippen molar-refractivity contribution in [3.63, 3.8) is 0 Å². The van der Waals surface area contributed by atoms with Gasteiger partial charge in [-0.15, -0.1) is 21.5 Å². The summed E-state index contributed by atoms with van der Waals surface area (Å²) in [5.41, 5.74) is 0.491. The zero-order valence-corrected chi connectivity index (χ0v) is 18.0. The first-order valence-electron chi connectivity index (χ1n) is 8.38. The van der Waals surface area contributed by atoms with E-state index in [9.17, 15) is 4.79 Å². The van der Waals surface area contributed by atoms with E-state index < -0.39 is 0 Å². The Morgan fingerprint density at radius 1 is 1.29 bits per heavy atom. The third kappa shape index (κ3) is 4.43. The van der Waals surface area contributed by atoms with Crippen LogP contribution in [0.25, 0.3) is 10.7 Å². The van der Waals surface area contributed by atoms with Crippen molar-refractivity contribution in [3.8, 4) is 22.2 Å². The topological polar surface area (TPSA) is 78.3 Å². The van der Waals surface area contributed by atoms with E-state index in [2.05, 4.69) is 15.5 Å². The van der Waals surface area contributed by atoms with Crippen molar-refractivity contribution in [2.75, 3.05) is 25.3 Å². The fourth-order valence-electron chi connectivity index (χ4n) is 2.54. The summed E-state index contributed by atoms with van der Waals surface area (Å²) in [4.78, 5) is 13.5. The van der Waals surface area contributed by atoms with Gasteiger partial charge in [0.2, 0.25) is 5.91 Å². The molecule has 0 bridgehead atoms. The highest BCUT2D eigenvalue weighted by molar-refractivity contribution is 7.99. The third-order valence-electron chi connectivity index (χ3n) is 3.86. The zero-order chi connectivity index (χ0) is 20.1. The van der Waals surface area contributed by atoms with Crippen LogP contribution in [-0.4, -0.2) is 40.6 Å². The molecule has 0 unspecified atom stereocenters. The van der Waals surface area contributed by atoms with Gasteiger partial charge in [-0.1, -0.05) is 29.4 Å². The van der Waals surface area contributed by atoms with Gasteiger partial charge in [0.25, 0.3) is 0 Å². The summed E-state index contributed by atoms with van der Waals surface area (Å²) < 4.78 is 12.5. The summed E-state index contributed by atoms with van der Waals surface area (Å²) >= 11 is 9.03. The van der Waals surface area contributed by atoms with Gasteiger partial charge in [-0.2, -0.15) is 0 Å². The number of thiophene rings is 1. The molecule has 0 radical (unpaired) electrons. The highest BCUT2D eigenvalue weighted by Crippen LogP contribution is 2.36. The predicted molar refractivity (Wildman–Crippen MR) is 113 cm³/mol. The Bertz CT molecular complexity index is 960. The molecule has 0 spiro atoms. The van der Waals surface area contributed by atoms with Crippen molar-refractivity contribution >= 4 is 46.3 Å². The fraction of sp³-hybridized carbons (Fsp3) is 0.278. The van der Waals surface area contributed by atoms with Gasteiger partial charge in [-0.25, -0.2) is 0 Å². The van der Waals surface area contributed by atoms with Gasteiger partial charge >= 0.3 is 0 Å². The molecular formula is C18H19ClN4O3S2. The average molecular weight is 439 g/mol. The second-order valence-corrected chi connectivity index (χ2v) is 7.85. The molecule has 2 heterocycles. The molecule has 0 aliphatic rings. The zero-order valence-electron chi connectivity index (χ0n) is 15.6. The molecule has 0 aliphatic carbocycles. The molecule has 1 aromatic carbocycles. The smallest absolute Gasteiger partial charge is 0.234 e. The quantitative estimate of drug-likeness (QED) is 0.524. The number of benzene rings is 1. The first-order valence-corrected chi connectivity index (χ1v) is 10.6. The summed E-state index contributed by atoms with van der Waals surface area (Å²) in [6.07, 6.45) is 0. The van der Waals surface area contributed by atoms with Crippen molar-refractivity contribution in [1.82, 2.24) is 14.8 Å². The molecule has 0 fully saturated rings. The third-order valence-corrected chi connectivity index (χ3v) is 5.98. The minimum absolute atomic E-state index is 0.177. The normalized spacial score (nSPS) is 10.7. The average Bonchev–Trinajstić information content (AvgIpc) is 3.36. The van der Waals surface area contributed by atoms with Gasteiger partial charge < -0.3 is 19.4 Å². The monoisotopic (exact) mass is 438 g/mol. The maximum atomic E-state index is 12.5. The molecule has 3 aromatic rings. The number of carbonyl (C=O) groups excluding carboxylic acids is 1. The van der Waals surface area contributed by atoms with Crippen LogP contribution in [-0.2, 0) is 11.3 Å². The molecule has 148 valence electrons. The second kappa shape index (κ2) is 9.31. The molecule has 1 amide bonds. The van der Waals surface area contributed by atoms with Crippen LogP contribution in [0.4, 0.5) is 5.69 Å². The van der Waals surface area contributed by atoms with Crippen LogP contribution in [0.2, 0.25) is 5.02 Å². The van der Waals surface area contributed by atoms with Crippen molar-refractivity contribution in [2.45, 2.75) is 18.6 Å². The Balaban J connectivity index is 1.70. The molecule has 1 N–H and O–H groups in total. The largest absolute Gasteiger partial charge is 0.495 e. The van der Waals surface area contributed by atoms with E-state index in [-0.39, 0.29) is 11.7 Å². The Labute approximate surface area is 176 Å². The number of nitrogens with zero attached hydrogens (tertiary/aromatic N) is 3. The number of carbonyl (C=O) groups is 1. The molecular weight excluding hydrogens is 420 g/mol. The van der Waals surface area contributed by atoms with Gasteiger partial charge in [-0.3, -0.25) is 4.79 Å². The van der Waals surface area contributed by atoms with E-state index in [1.165, 1.54) is 26.0 Å². The van der Waals surface area contributed by atoms with E-state index in [0.29, 0.717) is 33.9 Å². The lowest BCUT2D eigenvalue weighted by atomic mass is 10.2. The van der Waals surface area contributed by atoms with Gasteiger partial charge in [-0.05, 0) is 18.4 Å². The van der Waals surface area contributed by atoms with Gasteiger partial charge in [0.1, 0.15) is 11.5 Å². The highest BCUT2D eigenvalue weighted by atomic mass is 35.5. The van der Waals surface area contributed by atoms with Gasteiger partial charge in [0.15, 0.2) is 11.0 Å². The van der Waals surface area contributed by atoms with Crippen molar-refractivity contribution in [3.05, 3.63) is 34.7 Å². The van der Waals surface area contributed by atoms with E-state index in [0.717, 1.165) is 10.7 Å². The van der Waals surface area contributed by atoms with Crippen molar-refractivity contribution in [2.24, 2.45) is 0 Å². The summed E-state index contributed by atoms with van der Waals surface area (Å²) in [5.74, 6) is 1.70. The van der Waals surface area contributed by atoms with Crippen LogP contribution in [0.3, 0.4) is 0 Å². The molecule has 0 saturated heterocycles. The van der Waals surface area contributed by atoms with E-state index in [4.69, 9.17) is 21.1 Å². The maximum absolute atomic E-state index is 12.5. The van der Waals surface area contributed by atoms with Gasteiger partial charge in [0.05, 0.1) is 35.6 Å². The van der Waals surface area contributed by atoms with E-state index in [1.807, 2.05) is 29.0 Å². The summed E-state index contributed by atoms with van der Waals surface area (Å²) in [5, 5.41) is 14.4. The molecule has 3 rings (SSSR count). The standard InChI is InChI=1S/C18H19ClN4O3S2/c1-4-23-17(15-6-5-7-27-15)21-22-18(23)28-10-16(24)20-12-9-13(25-2)11(19)8-14(12)26-3/h5-9H,4,10H2,1-3H3,(H,20,24). The molecule has 10 heteroatoms. The number of aromatic nitrogens is 3. The minimum atomic E-state index is -0.198. The fourth-order valence-corrected chi connectivity index (χ4v) is 4.29. The summed E-state index contributed by atoms with van der Waals surface area (Å²) in [7, 11) is 3.02. The Morgan fingerprint density at radius 2 is 2.07 bits per heavy atom. The number of hydrogen-bond acceptors (Lipinski definition) is 7. The number of nitrogens with one attached hydrogen (secondary N) is 1. The first kappa shape index (κ1) is 20.5. The number of amides is 1. The number of ether oxygens (including phenoxy) is 2. The number of anilines is 1. The molecule has 7 nitrogen and oxygen atoms in total. The molecule has 2 aromatic heterocycles. The number of halogens is 1. The van der Waals surface area contributed by atoms with Crippen LogP contribution < -0.4 is 14.8 Å². The Kier molecular flexibility index (Phi) is 6.82. The number of methoxy groups -OCH3 is 2. The predicted octanol–water partition coefficient (Wildman–Crippen LogP) is 4.43. The highest BCUT2D eigenvalue weighted by Gasteiger charge is 2.17. The summed E-state index contributed by atoms with van der Waals surface area (Å²) in [6, 6.07) is 7.21. The lowest BCUT2D eigenvalue weighted by molar-refractivity contribution is -0.113. The first-order chi connectivity index (χ1) is 13.6. The molecule has 28 heavy (non-hydrogen) atoms. The molecule has 0 atom stereocenters. The molecule has 0 saturated carbocycles. The molecule has 0 aliphatic heterocycles. The number of rotatable bonds is 8. The maximum Gasteiger partial charge on any atom is 0.234 e. The van der Waals surface area contributed by atoms with Crippen LogP contribution in [0.15, 0.2) is 34.8 Å². The number of thioether (sulfide) groups is 1. The van der Waals surface area contributed by atoms with Gasteiger partial charge in [0, 0.05) is 18.7 Å². The number of hydrogen-bond donors (Lipinski definition) is 1. The van der Waals surface area contributed by atoms with Crippen LogP contribution in [0.5, 0.6) is 11.5 Å². The SMILES string of the molecule is CCn1c(SCC(=O)Nc2cc(OC)c(Cl)cc2OC)nnc1-c1cccs1. The summed E-state index contributed by atoms with van der Waals surface area (Å²) in [6.45, 7) is 2.74. The van der Waals surface area contributed by atoms with E-state index in [1.54, 1.807) is 23.5 Å². The Morgan fingerprint density at radius 3 is 2.71 bits per heavy atom. The minimum Gasteiger partial charge on any atom is -0.495 e. The van der Waals surface area contributed by atoms with Crippen LogP contribution in [0.1, 0.15) is 6.92 Å². The lowest BCUT2D eigenvalue weighted by Crippen LogP contribution is -2.15. The van der Waals surface area contributed by atoms with E-state index >= 15 is 0 Å². The van der Waals surface area contributed by atoms with Crippen molar-refractivity contribution in [1.29, 1.82) is 0 Å². The lowest BCUT2D eigenvalue weighted by Gasteiger charge is -2.13.